The third kappa shape index (κ3) is 4.66. The van der Waals surface area contributed by atoms with Crippen LogP contribution in [0, 0.1) is 0 Å². The molecule has 1 aromatic heterocycles. The summed E-state index contributed by atoms with van der Waals surface area (Å²) in [6.07, 6.45) is 4.97. The molecule has 0 amide bonds. The Labute approximate surface area is 144 Å². The van der Waals surface area contributed by atoms with Crippen molar-refractivity contribution in [1.82, 2.24) is 4.57 Å². The Balaban J connectivity index is 2.35. The van der Waals surface area contributed by atoms with Crippen molar-refractivity contribution in [3.63, 3.8) is 0 Å². The van der Waals surface area contributed by atoms with Crippen LogP contribution in [0.3, 0.4) is 0 Å². The summed E-state index contributed by atoms with van der Waals surface area (Å²) in [6, 6.07) is 11.3. The molecule has 0 aliphatic carbocycles. The number of ether oxygens (including phenoxy) is 1. The summed E-state index contributed by atoms with van der Waals surface area (Å²) in [5, 5.41) is 0. The maximum Gasteiger partial charge on any atom is 0.256 e. The van der Waals surface area contributed by atoms with Gasteiger partial charge in [-0.25, -0.2) is 0 Å². The van der Waals surface area contributed by atoms with Crippen molar-refractivity contribution in [2.75, 3.05) is 7.11 Å². The maximum absolute atomic E-state index is 12.5. The predicted molar refractivity (Wildman–Crippen MR) is 95.5 cm³/mol. The molecule has 0 fully saturated rings. The fourth-order valence-corrected chi connectivity index (χ4v) is 2.45. The number of carbonyl (C=O) groups is 1. The van der Waals surface area contributed by atoms with Crippen LogP contribution in [0.4, 0.5) is 0 Å². The van der Waals surface area contributed by atoms with E-state index in [-0.39, 0.29) is 11.9 Å². The zero-order valence-corrected chi connectivity index (χ0v) is 14.9. The van der Waals surface area contributed by atoms with Crippen molar-refractivity contribution in [3.05, 3.63) is 64.2 Å². The Morgan fingerprint density at radius 3 is 2.78 bits per heavy atom. The van der Waals surface area contributed by atoms with Crippen molar-refractivity contribution < 1.29 is 9.53 Å². The van der Waals surface area contributed by atoms with Gasteiger partial charge in [-0.15, -0.1) is 0 Å². The number of aromatic nitrogens is 1. The van der Waals surface area contributed by atoms with Crippen LogP contribution in [0.25, 0.3) is 6.08 Å². The molecule has 1 heterocycles. The third-order valence-corrected chi connectivity index (χ3v) is 3.56. The molecule has 0 atom stereocenters. The standard InChI is InChI=1S/C18H19BrN2O2/c1-13(2)20-17-6-4-5-11-21(17)18(22)10-7-14-12-15(19)8-9-16(14)23-3/h4-13H,1-3H3/b10-7+,20-17?. The van der Waals surface area contributed by atoms with Crippen molar-refractivity contribution in [1.29, 1.82) is 0 Å². The average Bonchev–Trinajstić information content (AvgIpc) is 2.52. The lowest BCUT2D eigenvalue weighted by atomic mass is 10.2. The summed E-state index contributed by atoms with van der Waals surface area (Å²) in [4.78, 5) is 16.9. The summed E-state index contributed by atoms with van der Waals surface area (Å²) >= 11 is 3.42. The highest BCUT2D eigenvalue weighted by molar-refractivity contribution is 9.10. The van der Waals surface area contributed by atoms with Crippen LogP contribution < -0.4 is 10.2 Å². The van der Waals surface area contributed by atoms with Gasteiger partial charge in [0.25, 0.3) is 5.91 Å². The normalized spacial score (nSPS) is 12.1. The third-order valence-electron chi connectivity index (χ3n) is 3.06. The number of halogens is 1. The van der Waals surface area contributed by atoms with Gasteiger partial charge in [0, 0.05) is 28.4 Å². The molecule has 0 bridgehead atoms. The molecule has 0 spiro atoms. The number of methoxy groups -OCH3 is 1. The summed E-state index contributed by atoms with van der Waals surface area (Å²) in [7, 11) is 1.61. The highest BCUT2D eigenvalue weighted by Gasteiger charge is 2.04. The zero-order chi connectivity index (χ0) is 16.8. The first kappa shape index (κ1) is 17.2. The molecule has 4 nitrogen and oxygen atoms in total. The molecular weight excluding hydrogens is 356 g/mol. The second-order valence-corrected chi connectivity index (χ2v) is 6.13. The minimum absolute atomic E-state index is 0.116. The molecule has 2 rings (SSSR count). The van der Waals surface area contributed by atoms with Crippen LogP contribution in [0.15, 0.2) is 58.1 Å². The van der Waals surface area contributed by atoms with E-state index < -0.39 is 0 Å². The molecule has 0 radical (unpaired) electrons. The van der Waals surface area contributed by atoms with Gasteiger partial charge in [0.05, 0.1) is 7.11 Å². The molecule has 0 unspecified atom stereocenters. The van der Waals surface area contributed by atoms with Gasteiger partial charge in [-0.2, -0.15) is 0 Å². The molecule has 120 valence electrons. The van der Waals surface area contributed by atoms with Crippen LogP contribution in [0.5, 0.6) is 5.75 Å². The van der Waals surface area contributed by atoms with Crippen molar-refractivity contribution in [2.45, 2.75) is 19.9 Å². The second kappa shape index (κ2) is 7.92. The molecule has 2 aromatic rings. The molecule has 23 heavy (non-hydrogen) atoms. The summed E-state index contributed by atoms with van der Waals surface area (Å²) in [5.74, 6) is 0.550. The lowest BCUT2D eigenvalue weighted by molar-refractivity contribution is 0.0964. The Kier molecular flexibility index (Phi) is 5.93. The van der Waals surface area contributed by atoms with Gasteiger partial charge in [0.2, 0.25) is 0 Å². The van der Waals surface area contributed by atoms with Crippen molar-refractivity contribution in [3.8, 4) is 5.75 Å². The minimum Gasteiger partial charge on any atom is -0.496 e. The van der Waals surface area contributed by atoms with Gasteiger partial charge in [-0.05, 0) is 50.3 Å². The lowest BCUT2D eigenvalue weighted by Gasteiger charge is -2.06. The Hall–Kier alpha value is -2.14. The van der Waals surface area contributed by atoms with Gasteiger partial charge in [-0.3, -0.25) is 14.4 Å². The van der Waals surface area contributed by atoms with Gasteiger partial charge < -0.3 is 4.74 Å². The number of benzene rings is 1. The van der Waals surface area contributed by atoms with Crippen molar-refractivity contribution >= 4 is 27.9 Å². The molecule has 1 aromatic carbocycles. The second-order valence-electron chi connectivity index (χ2n) is 5.21. The minimum atomic E-state index is -0.160. The van der Waals surface area contributed by atoms with Crippen molar-refractivity contribution in [2.24, 2.45) is 4.99 Å². The van der Waals surface area contributed by atoms with E-state index in [1.807, 2.05) is 50.2 Å². The van der Waals surface area contributed by atoms with Crippen LogP contribution in [0.1, 0.15) is 24.2 Å². The number of hydrogen-bond donors (Lipinski definition) is 0. The molecule has 0 aliphatic rings. The number of rotatable bonds is 4. The first-order valence-electron chi connectivity index (χ1n) is 7.28. The topological polar surface area (TPSA) is 43.6 Å². The lowest BCUT2D eigenvalue weighted by Crippen LogP contribution is -2.26. The van der Waals surface area contributed by atoms with Crippen LogP contribution >= 0.6 is 15.9 Å². The number of allylic oxidation sites excluding steroid dienone is 1. The SMILES string of the molecule is COc1ccc(Br)cc1/C=C/C(=O)n1ccccc1=NC(C)C. The van der Waals surface area contributed by atoms with Gasteiger partial charge >= 0.3 is 0 Å². The number of nitrogens with zero attached hydrogens (tertiary/aromatic N) is 2. The van der Waals surface area contributed by atoms with Gasteiger partial charge in [0.15, 0.2) is 0 Å². The molecule has 0 saturated heterocycles. The van der Waals surface area contributed by atoms with E-state index in [4.69, 9.17) is 4.74 Å². The van der Waals surface area contributed by atoms with E-state index in [0.717, 1.165) is 10.0 Å². The number of carbonyl (C=O) groups excluding carboxylic acids is 1. The summed E-state index contributed by atoms with van der Waals surface area (Å²) in [6.45, 7) is 3.95. The first-order chi connectivity index (χ1) is 11.0. The fourth-order valence-electron chi connectivity index (χ4n) is 2.07. The molecule has 5 heteroatoms. The monoisotopic (exact) mass is 374 g/mol. The Bertz CT molecular complexity index is 792. The molecule has 0 aliphatic heterocycles. The summed E-state index contributed by atoms with van der Waals surface area (Å²) < 4.78 is 7.76. The summed E-state index contributed by atoms with van der Waals surface area (Å²) in [5.41, 5.74) is 1.47. The fraction of sp³-hybridized carbons (Fsp3) is 0.222. The van der Waals surface area contributed by atoms with Crippen LogP contribution in [-0.2, 0) is 0 Å². The van der Waals surface area contributed by atoms with E-state index in [1.165, 1.54) is 10.6 Å². The zero-order valence-electron chi connectivity index (χ0n) is 13.4. The van der Waals surface area contributed by atoms with E-state index in [2.05, 4.69) is 20.9 Å². The molecular formula is C18H19BrN2O2. The maximum atomic E-state index is 12.5. The van der Waals surface area contributed by atoms with Gasteiger partial charge in [0.1, 0.15) is 11.2 Å². The molecule has 0 saturated carbocycles. The highest BCUT2D eigenvalue weighted by atomic mass is 79.9. The largest absolute Gasteiger partial charge is 0.496 e. The Morgan fingerprint density at radius 2 is 2.09 bits per heavy atom. The molecule has 0 N–H and O–H groups in total. The quantitative estimate of drug-likeness (QED) is 0.761. The van der Waals surface area contributed by atoms with E-state index in [0.29, 0.717) is 11.2 Å². The number of pyridine rings is 1. The highest BCUT2D eigenvalue weighted by Crippen LogP contribution is 2.24. The smallest absolute Gasteiger partial charge is 0.256 e. The first-order valence-corrected chi connectivity index (χ1v) is 8.08. The van der Waals surface area contributed by atoms with E-state index in [9.17, 15) is 4.79 Å². The van der Waals surface area contributed by atoms with E-state index in [1.54, 1.807) is 19.4 Å². The van der Waals surface area contributed by atoms with Crippen LogP contribution in [-0.4, -0.2) is 23.6 Å². The number of hydrogen-bond acceptors (Lipinski definition) is 3. The van der Waals surface area contributed by atoms with Crippen LogP contribution in [0.2, 0.25) is 0 Å². The van der Waals surface area contributed by atoms with E-state index >= 15 is 0 Å². The predicted octanol–water partition coefficient (Wildman–Crippen LogP) is 3.92. The average molecular weight is 375 g/mol. The Morgan fingerprint density at radius 1 is 1.30 bits per heavy atom. The van der Waals surface area contributed by atoms with Gasteiger partial charge in [-0.1, -0.05) is 22.0 Å².